The van der Waals surface area contributed by atoms with Gasteiger partial charge in [0.05, 0.1) is 18.0 Å². The number of amides is 1. The molecule has 2 aromatic carbocycles. The van der Waals surface area contributed by atoms with E-state index in [1.165, 1.54) is 0 Å². The lowest BCUT2D eigenvalue weighted by atomic mass is 10.2. The highest BCUT2D eigenvalue weighted by atomic mass is 32.1. The zero-order valence-corrected chi connectivity index (χ0v) is 17.6. The highest BCUT2D eigenvalue weighted by Crippen LogP contribution is 2.29. The summed E-state index contributed by atoms with van der Waals surface area (Å²) in [6, 6.07) is 21.8. The van der Waals surface area contributed by atoms with E-state index >= 15 is 0 Å². The minimum absolute atomic E-state index is 0.0569. The van der Waals surface area contributed by atoms with E-state index in [1.54, 1.807) is 11.3 Å². The Labute approximate surface area is 180 Å². The third-order valence-electron chi connectivity index (χ3n) is 4.68. The first-order valence-corrected chi connectivity index (χ1v) is 10.8. The number of thiazole rings is 1. The van der Waals surface area contributed by atoms with Crippen LogP contribution in [0.2, 0.25) is 0 Å². The SMILES string of the molecule is CCOc1ccccc1CNC(=O)Cn1cccc1-c1nc(-c2ccccc2)cs1. The van der Waals surface area contributed by atoms with Crippen molar-refractivity contribution in [1.82, 2.24) is 14.9 Å². The van der Waals surface area contributed by atoms with E-state index in [-0.39, 0.29) is 12.5 Å². The third kappa shape index (κ3) is 4.60. The van der Waals surface area contributed by atoms with Crippen LogP contribution >= 0.6 is 11.3 Å². The average Bonchev–Trinajstić information content (AvgIpc) is 3.43. The maximum Gasteiger partial charge on any atom is 0.240 e. The molecule has 0 bridgehead atoms. The zero-order valence-electron chi connectivity index (χ0n) is 16.7. The second-order valence-corrected chi connectivity index (χ2v) is 7.60. The van der Waals surface area contributed by atoms with Crippen molar-refractivity contribution in [1.29, 1.82) is 0 Å². The van der Waals surface area contributed by atoms with Crippen LogP contribution in [0.25, 0.3) is 22.0 Å². The van der Waals surface area contributed by atoms with E-state index < -0.39 is 0 Å². The summed E-state index contributed by atoms with van der Waals surface area (Å²) in [4.78, 5) is 17.3. The molecule has 0 spiro atoms. The minimum atomic E-state index is -0.0569. The van der Waals surface area contributed by atoms with Crippen LogP contribution in [0.15, 0.2) is 78.3 Å². The summed E-state index contributed by atoms with van der Waals surface area (Å²) in [5, 5.41) is 5.93. The van der Waals surface area contributed by atoms with Crippen LogP contribution in [0.5, 0.6) is 5.75 Å². The molecule has 4 rings (SSSR count). The Morgan fingerprint density at radius 2 is 1.87 bits per heavy atom. The van der Waals surface area contributed by atoms with Crippen LogP contribution < -0.4 is 10.1 Å². The molecule has 6 heteroatoms. The van der Waals surface area contributed by atoms with Crippen molar-refractivity contribution in [2.45, 2.75) is 20.0 Å². The van der Waals surface area contributed by atoms with Gasteiger partial charge in [0.25, 0.3) is 0 Å². The van der Waals surface area contributed by atoms with Crippen molar-refractivity contribution in [2.75, 3.05) is 6.61 Å². The number of para-hydroxylation sites is 1. The number of rotatable bonds is 8. The molecule has 1 N–H and O–H groups in total. The Hall–Kier alpha value is -3.38. The Morgan fingerprint density at radius 1 is 1.07 bits per heavy atom. The molecule has 0 radical (unpaired) electrons. The maximum atomic E-state index is 12.6. The summed E-state index contributed by atoms with van der Waals surface area (Å²) in [7, 11) is 0. The largest absolute Gasteiger partial charge is 0.494 e. The molecule has 0 unspecified atom stereocenters. The Morgan fingerprint density at radius 3 is 2.70 bits per heavy atom. The van der Waals surface area contributed by atoms with Gasteiger partial charge in [-0.3, -0.25) is 4.79 Å². The van der Waals surface area contributed by atoms with Gasteiger partial charge in [0, 0.05) is 29.2 Å². The zero-order chi connectivity index (χ0) is 20.8. The van der Waals surface area contributed by atoms with Gasteiger partial charge in [0.2, 0.25) is 5.91 Å². The summed E-state index contributed by atoms with van der Waals surface area (Å²) in [5.74, 6) is 0.747. The average molecular weight is 418 g/mol. The molecule has 2 heterocycles. The predicted molar refractivity (Wildman–Crippen MR) is 120 cm³/mol. The van der Waals surface area contributed by atoms with E-state index in [2.05, 4.69) is 5.32 Å². The molecule has 5 nitrogen and oxygen atoms in total. The van der Waals surface area contributed by atoms with Gasteiger partial charge in [-0.05, 0) is 25.1 Å². The summed E-state index contributed by atoms with van der Waals surface area (Å²) in [5.41, 5.74) is 3.93. The maximum absolute atomic E-state index is 12.6. The van der Waals surface area contributed by atoms with Gasteiger partial charge in [-0.1, -0.05) is 48.5 Å². The first-order chi connectivity index (χ1) is 14.7. The molecule has 0 aliphatic carbocycles. The van der Waals surface area contributed by atoms with E-state index in [1.807, 2.05) is 89.8 Å². The van der Waals surface area contributed by atoms with Gasteiger partial charge in [0.15, 0.2) is 0 Å². The molecule has 30 heavy (non-hydrogen) atoms. The summed E-state index contributed by atoms with van der Waals surface area (Å²) >= 11 is 1.58. The van der Waals surface area contributed by atoms with Crippen molar-refractivity contribution in [3.63, 3.8) is 0 Å². The highest BCUT2D eigenvalue weighted by molar-refractivity contribution is 7.13. The van der Waals surface area contributed by atoms with Gasteiger partial charge < -0.3 is 14.6 Å². The topological polar surface area (TPSA) is 56.1 Å². The summed E-state index contributed by atoms with van der Waals surface area (Å²) in [6.07, 6.45) is 1.91. The summed E-state index contributed by atoms with van der Waals surface area (Å²) in [6.45, 7) is 3.21. The quantitative estimate of drug-likeness (QED) is 0.439. The molecule has 0 saturated heterocycles. The number of hydrogen-bond acceptors (Lipinski definition) is 4. The monoisotopic (exact) mass is 417 g/mol. The number of aromatic nitrogens is 2. The molecule has 0 aliphatic heterocycles. The number of carbonyl (C=O) groups is 1. The predicted octanol–water partition coefficient (Wildman–Crippen LogP) is 4.99. The number of carbonyl (C=O) groups excluding carboxylic acids is 1. The molecule has 4 aromatic rings. The fourth-order valence-electron chi connectivity index (χ4n) is 3.23. The van der Waals surface area contributed by atoms with E-state index in [9.17, 15) is 4.79 Å². The normalized spacial score (nSPS) is 10.7. The highest BCUT2D eigenvalue weighted by Gasteiger charge is 2.13. The van der Waals surface area contributed by atoms with Crippen LogP contribution in [-0.2, 0) is 17.9 Å². The number of nitrogens with one attached hydrogen (secondary N) is 1. The molecule has 152 valence electrons. The van der Waals surface area contributed by atoms with Crippen LogP contribution in [-0.4, -0.2) is 22.1 Å². The second kappa shape index (κ2) is 9.41. The van der Waals surface area contributed by atoms with Crippen LogP contribution in [0, 0.1) is 0 Å². The Balaban J connectivity index is 1.43. The number of nitrogens with zero attached hydrogens (tertiary/aromatic N) is 2. The molecule has 0 atom stereocenters. The number of ether oxygens (including phenoxy) is 1. The van der Waals surface area contributed by atoms with Crippen molar-refractivity contribution in [2.24, 2.45) is 0 Å². The van der Waals surface area contributed by atoms with Gasteiger partial charge >= 0.3 is 0 Å². The molecule has 1 amide bonds. The Bertz CT molecular complexity index is 1120. The fraction of sp³-hybridized carbons (Fsp3) is 0.167. The third-order valence-corrected chi connectivity index (χ3v) is 5.55. The summed E-state index contributed by atoms with van der Waals surface area (Å²) < 4.78 is 7.56. The molecule has 0 aliphatic rings. The van der Waals surface area contributed by atoms with Crippen molar-refractivity contribution in [3.8, 4) is 27.7 Å². The fourth-order valence-corrected chi connectivity index (χ4v) is 4.10. The first kappa shape index (κ1) is 19.9. The lowest BCUT2D eigenvalue weighted by Gasteiger charge is -2.12. The van der Waals surface area contributed by atoms with Crippen molar-refractivity contribution < 1.29 is 9.53 Å². The standard InChI is InChI=1S/C24H23N3O2S/c1-2-29-22-13-7-6-11-19(22)15-25-23(28)16-27-14-8-12-21(27)24-26-20(17-30-24)18-9-4-3-5-10-18/h3-14,17H,2,15-16H2,1H3,(H,25,28). The van der Waals surface area contributed by atoms with Gasteiger partial charge in [0.1, 0.15) is 17.3 Å². The van der Waals surface area contributed by atoms with E-state index in [0.717, 1.165) is 33.3 Å². The van der Waals surface area contributed by atoms with E-state index in [0.29, 0.717) is 13.2 Å². The van der Waals surface area contributed by atoms with Crippen LogP contribution in [0.4, 0.5) is 0 Å². The number of benzene rings is 2. The molecule has 0 fully saturated rings. The molecule has 2 aromatic heterocycles. The lowest BCUT2D eigenvalue weighted by Crippen LogP contribution is -2.27. The molecule has 0 saturated carbocycles. The minimum Gasteiger partial charge on any atom is -0.494 e. The Kier molecular flexibility index (Phi) is 6.25. The van der Waals surface area contributed by atoms with Gasteiger partial charge in [-0.25, -0.2) is 4.98 Å². The first-order valence-electron chi connectivity index (χ1n) is 9.88. The molecular weight excluding hydrogens is 394 g/mol. The second-order valence-electron chi connectivity index (χ2n) is 6.74. The van der Waals surface area contributed by atoms with Gasteiger partial charge in [-0.2, -0.15) is 0 Å². The lowest BCUT2D eigenvalue weighted by molar-refractivity contribution is -0.121. The molecular formula is C24H23N3O2S. The number of hydrogen-bond donors (Lipinski definition) is 1. The van der Waals surface area contributed by atoms with Crippen molar-refractivity contribution in [3.05, 3.63) is 83.9 Å². The van der Waals surface area contributed by atoms with Gasteiger partial charge in [-0.15, -0.1) is 11.3 Å². The smallest absolute Gasteiger partial charge is 0.240 e. The van der Waals surface area contributed by atoms with Crippen LogP contribution in [0.1, 0.15) is 12.5 Å². The van der Waals surface area contributed by atoms with E-state index in [4.69, 9.17) is 9.72 Å². The van der Waals surface area contributed by atoms with Crippen molar-refractivity contribution >= 4 is 17.2 Å². The van der Waals surface area contributed by atoms with Crippen LogP contribution in [0.3, 0.4) is 0 Å².